The summed E-state index contributed by atoms with van der Waals surface area (Å²) in [5, 5.41) is 0. The molecule has 1 saturated heterocycles. The van der Waals surface area contributed by atoms with Crippen LogP contribution in [0.25, 0.3) is 6.08 Å². The molecular formula is C17H22NO2+. The third-order valence-electron chi connectivity index (χ3n) is 3.16. The fraction of sp³-hybridized carbons (Fsp3) is 0.412. The summed E-state index contributed by atoms with van der Waals surface area (Å²) in [5.41, 5.74) is 1.19. The minimum atomic E-state index is 0.503. The zero-order valence-electron chi connectivity index (χ0n) is 11.8. The number of quaternary nitrogens is 1. The first-order chi connectivity index (χ1) is 9.95. The number of ether oxygens (including phenoxy) is 2. The van der Waals surface area contributed by atoms with E-state index in [0.29, 0.717) is 13.2 Å². The molecule has 1 N–H and O–H groups in total. The second-order valence-corrected chi connectivity index (χ2v) is 4.72. The summed E-state index contributed by atoms with van der Waals surface area (Å²) in [6.07, 6.45) is 4.08. The molecule has 0 bridgehead atoms. The van der Waals surface area contributed by atoms with Crippen molar-refractivity contribution in [1.82, 2.24) is 0 Å². The number of benzene rings is 1. The topological polar surface area (TPSA) is 22.9 Å². The molecule has 0 aromatic heterocycles. The largest absolute Gasteiger partial charge is 0.370 e. The average molecular weight is 272 g/mol. The molecule has 0 spiro atoms. The van der Waals surface area contributed by atoms with Crippen molar-refractivity contribution < 1.29 is 14.4 Å². The maximum absolute atomic E-state index is 5.45. The summed E-state index contributed by atoms with van der Waals surface area (Å²) in [4.78, 5) is 1.51. The third-order valence-corrected chi connectivity index (χ3v) is 3.16. The molecule has 0 saturated carbocycles. The Bertz CT molecular complexity index is 453. The van der Waals surface area contributed by atoms with Gasteiger partial charge < -0.3 is 14.4 Å². The van der Waals surface area contributed by atoms with Crippen LogP contribution in [-0.4, -0.2) is 46.1 Å². The van der Waals surface area contributed by atoms with Gasteiger partial charge in [-0.15, -0.1) is 0 Å². The Kier molecular flexibility index (Phi) is 6.90. The lowest BCUT2D eigenvalue weighted by molar-refractivity contribution is -0.900. The van der Waals surface area contributed by atoms with Gasteiger partial charge in [-0.1, -0.05) is 48.4 Å². The summed E-state index contributed by atoms with van der Waals surface area (Å²) >= 11 is 0. The van der Waals surface area contributed by atoms with E-state index in [4.69, 9.17) is 9.47 Å². The van der Waals surface area contributed by atoms with E-state index < -0.39 is 0 Å². The summed E-state index contributed by atoms with van der Waals surface area (Å²) in [7, 11) is 0. The molecule has 0 amide bonds. The van der Waals surface area contributed by atoms with E-state index >= 15 is 0 Å². The molecule has 3 nitrogen and oxygen atoms in total. The average Bonchev–Trinajstić information content (AvgIpc) is 2.52. The van der Waals surface area contributed by atoms with Crippen LogP contribution in [0, 0.1) is 11.8 Å². The van der Waals surface area contributed by atoms with Gasteiger partial charge in [0.25, 0.3) is 0 Å². The van der Waals surface area contributed by atoms with E-state index in [-0.39, 0.29) is 0 Å². The van der Waals surface area contributed by atoms with Gasteiger partial charge in [-0.25, -0.2) is 0 Å². The van der Waals surface area contributed by atoms with Gasteiger partial charge in [0.1, 0.15) is 26.2 Å². The minimum Gasteiger partial charge on any atom is -0.370 e. The summed E-state index contributed by atoms with van der Waals surface area (Å²) in [6.45, 7) is 5.85. The van der Waals surface area contributed by atoms with Crippen LogP contribution >= 0.6 is 0 Å². The summed E-state index contributed by atoms with van der Waals surface area (Å²) in [6, 6.07) is 10.2. The van der Waals surface area contributed by atoms with Crippen molar-refractivity contribution in [2.24, 2.45) is 0 Å². The van der Waals surface area contributed by atoms with Crippen LogP contribution in [0.5, 0.6) is 0 Å². The molecular weight excluding hydrogens is 250 g/mol. The fourth-order valence-electron chi connectivity index (χ4n) is 2.00. The Morgan fingerprint density at radius 3 is 2.75 bits per heavy atom. The first kappa shape index (κ1) is 14.8. The van der Waals surface area contributed by atoms with E-state index in [0.717, 1.165) is 32.8 Å². The molecule has 0 unspecified atom stereocenters. The molecule has 3 heteroatoms. The van der Waals surface area contributed by atoms with Crippen molar-refractivity contribution >= 4 is 6.08 Å². The second-order valence-electron chi connectivity index (χ2n) is 4.72. The number of hydrogen-bond donors (Lipinski definition) is 1. The van der Waals surface area contributed by atoms with Crippen molar-refractivity contribution in [3.63, 3.8) is 0 Å². The Morgan fingerprint density at radius 2 is 1.95 bits per heavy atom. The Labute approximate surface area is 121 Å². The Hall–Kier alpha value is -1.60. The quantitative estimate of drug-likeness (QED) is 0.628. The highest BCUT2D eigenvalue weighted by Crippen LogP contribution is 2.00. The van der Waals surface area contributed by atoms with Crippen LogP contribution < -0.4 is 4.90 Å². The van der Waals surface area contributed by atoms with E-state index in [1.54, 1.807) is 0 Å². The second kappa shape index (κ2) is 9.33. The van der Waals surface area contributed by atoms with Crippen molar-refractivity contribution in [2.45, 2.75) is 0 Å². The Morgan fingerprint density at radius 1 is 1.15 bits per heavy atom. The molecule has 2 rings (SSSR count). The van der Waals surface area contributed by atoms with Crippen LogP contribution in [-0.2, 0) is 9.47 Å². The first-order valence-electron chi connectivity index (χ1n) is 7.11. The van der Waals surface area contributed by atoms with Gasteiger partial charge >= 0.3 is 0 Å². The Balaban J connectivity index is 1.54. The molecule has 1 aliphatic rings. The monoisotopic (exact) mass is 272 g/mol. The van der Waals surface area contributed by atoms with Crippen LogP contribution in [0.3, 0.4) is 0 Å². The zero-order valence-corrected chi connectivity index (χ0v) is 11.8. The highest BCUT2D eigenvalue weighted by Gasteiger charge is 2.10. The normalized spacial score (nSPS) is 16.0. The SMILES string of the molecule is C(#CC[NH+]1CCOCC1)COC/C=C/c1ccccc1. The molecule has 1 aromatic rings. The molecule has 1 aromatic carbocycles. The molecule has 1 fully saturated rings. The maximum atomic E-state index is 5.45. The smallest absolute Gasteiger partial charge is 0.139 e. The van der Waals surface area contributed by atoms with Gasteiger partial charge in [-0.2, -0.15) is 0 Å². The molecule has 106 valence electrons. The molecule has 0 atom stereocenters. The number of morpholine rings is 1. The van der Waals surface area contributed by atoms with Crippen LogP contribution in [0.2, 0.25) is 0 Å². The summed E-state index contributed by atoms with van der Waals surface area (Å²) < 4.78 is 10.8. The van der Waals surface area contributed by atoms with Gasteiger partial charge in [-0.05, 0) is 11.5 Å². The first-order valence-corrected chi connectivity index (χ1v) is 7.11. The van der Waals surface area contributed by atoms with Crippen molar-refractivity contribution in [3.05, 3.63) is 42.0 Å². The van der Waals surface area contributed by atoms with Crippen LogP contribution in [0.15, 0.2) is 36.4 Å². The van der Waals surface area contributed by atoms with Gasteiger partial charge in [0.05, 0.1) is 19.8 Å². The third kappa shape index (κ3) is 6.03. The highest BCUT2D eigenvalue weighted by molar-refractivity contribution is 5.48. The van der Waals surface area contributed by atoms with Crippen LogP contribution in [0.1, 0.15) is 5.56 Å². The number of nitrogens with one attached hydrogen (secondary N) is 1. The predicted octanol–water partition coefficient (Wildman–Crippen LogP) is 0.635. The van der Waals surface area contributed by atoms with Gasteiger partial charge in [0.2, 0.25) is 0 Å². The highest BCUT2D eigenvalue weighted by atomic mass is 16.5. The molecule has 0 radical (unpaired) electrons. The van der Waals surface area contributed by atoms with Crippen molar-refractivity contribution in [1.29, 1.82) is 0 Å². The number of rotatable bonds is 5. The van der Waals surface area contributed by atoms with Gasteiger partial charge in [0.15, 0.2) is 0 Å². The van der Waals surface area contributed by atoms with E-state index in [9.17, 15) is 0 Å². The lowest BCUT2D eigenvalue weighted by atomic mass is 10.2. The van der Waals surface area contributed by atoms with Crippen LogP contribution in [0.4, 0.5) is 0 Å². The van der Waals surface area contributed by atoms with Gasteiger partial charge in [-0.3, -0.25) is 0 Å². The standard InChI is InChI=1S/C17H21NO2/c1-2-7-17(8-3-1)9-6-14-19-13-5-4-10-18-11-15-20-16-12-18/h1-3,6-9H,10-16H2/p+1/b9-6+. The summed E-state index contributed by atoms with van der Waals surface area (Å²) in [5.74, 6) is 6.24. The van der Waals surface area contributed by atoms with Crippen molar-refractivity contribution in [2.75, 3.05) is 46.1 Å². The molecule has 20 heavy (non-hydrogen) atoms. The van der Waals surface area contributed by atoms with E-state index in [2.05, 4.69) is 30.0 Å². The predicted molar refractivity (Wildman–Crippen MR) is 80.5 cm³/mol. The van der Waals surface area contributed by atoms with Crippen molar-refractivity contribution in [3.8, 4) is 11.8 Å². The molecule has 1 heterocycles. The molecule has 0 aliphatic carbocycles. The minimum absolute atomic E-state index is 0.503. The van der Waals surface area contributed by atoms with E-state index in [1.165, 1.54) is 10.5 Å². The maximum Gasteiger partial charge on any atom is 0.139 e. The zero-order chi connectivity index (χ0) is 13.9. The lowest BCUT2D eigenvalue weighted by Gasteiger charge is -2.21. The fourth-order valence-corrected chi connectivity index (χ4v) is 2.00. The van der Waals surface area contributed by atoms with E-state index in [1.807, 2.05) is 24.3 Å². The van der Waals surface area contributed by atoms with Gasteiger partial charge in [0, 0.05) is 0 Å². The lowest BCUT2D eigenvalue weighted by Crippen LogP contribution is -3.14. The molecule has 1 aliphatic heterocycles. The number of hydrogen-bond acceptors (Lipinski definition) is 2.